The van der Waals surface area contributed by atoms with E-state index < -0.39 is 0 Å². The maximum Gasteiger partial charge on any atom is 0.0768 e. The van der Waals surface area contributed by atoms with Gasteiger partial charge >= 0.3 is 0 Å². The lowest BCUT2D eigenvalue weighted by Crippen LogP contribution is -2.42. The van der Waals surface area contributed by atoms with Gasteiger partial charge in [0.15, 0.2) is 0 Å². The second-order valence-corrected chi connectivity index (χ2v) is 4.46. The van der Waals surface area contributed by atoms with E-state index in [-0.39, 0.29) is 12.5 Å². The molecular formula is C11H24N2OS. The van der Waals surface area contributed by atoms with Crippen molar-refractivity contribution < 1.29 is 5.11 Å². The molecule has 0 aromatic carbocycles. The van der Waals surface area contributed by atoms with Crippen LogP contribution in [-0.2, 0) is 0 Å². The van der Waals surface area contributed by atoms with Crippen LogP contribution in [0, 0.1) is 5.92 Å². The SMILES string of the molecule is CCC(CC)N(CCO)CC(C)C(N)=S. The van der Waals surface area contributed by atoms with Crippen LogP contribution in [0.1, 0.15) is 33.6 Å². The first-order valence-electron chi connectivity index (χ1n) is 5.70. The molecule has 0 aromatic rings. The van der Waals surface area contributed by atoms with Crippen molar-refractivity contribution in [2.75, 3.05) is 19.7 Å². The van der Waals surface area contributed by atoms with Crippen molar-refractivity contribution in [2.45, 2.75) is 39.7 Å². The van der Waals surface area contributed by atoms with Crippen molar-refractivity contribution in [1.82, 2.24) is 4.90 Å². The summed E-state index contributed by atoms with van der Waals surface area (Å²) < 4.78 is 0. The lowest BCUT2D eigenvalue weighted by Gasteiger charge is -2.31. The first kappa shape index (κ1) is 14.8. The zero-order valence-electron chi connectivity index (χ0n) is 10.1. The Morgan fingerprint density at radius 2 is 1.93 bits per heavy atom. The summed E-state index contributed by atoms with van der Waals surface area (Å²) in [7, 11) is 0. The largest absolute Gasteiger partial charge is 0.395 e. The number of aliphatic hydroxyl groups excluding tert-OH is 1. The number of thiocarbonyl (C=S) groups is 1. The molecule has 0 rings (SSSR count). The molecule has 3 nitrogen and oxygen atoms in total. The Morgan fingerprint density at radius 1 is 1.40 bits per heavy atom. The number of aliphatic hydroxyl groups is 1. The summed E-state index contributed by atoms with van der Waals surface area (Å²) >= 11 is 4.97. The molecule has 90 valence electrons. The molecule has 0 heterocycles. The van der Waals surface area contributed by atoms with Crippen LogP contribution in [0.3, 0.4) is 0 Å². The minimum atomic E-state index is 0.195. The standard InChI is InChI=1S/C11H24N2OS/c1-4-10(5-2)13(6-7-14)8-9(3)11(12)15/h9-10,14H,4-8H2,1-3H3,(H2,12,15). The van der Waals surface area contributed by atoms with E-state index in [0.29, 0.717) is 17.6 Å². The number of hydrogen-bond acceptors (Lipinski definition) is 3. The van der Waals surface area contributed by atoms with Crippen LogP contribution in [0.4, 0.5) is 0 Å². The van der Waals surface area contributed by atoms with Crippen molar-refractivity contribution in [3.05, 3.63) is 0 Å². The van der Waals surface area contributed by atoms with Gasteiger partial charge in [0.1, 0.15) is 0 Å². The smallest absolute Gasteiger partial charge is 0.0768 e. The molecule has 1 unspecified atom stereocenters. The molecule has 0 bridgehead atoms. The van der Waals surface area contributed by atoms with Gasteiger partial charge in [0.05, 0.1) is 11.6 Å². The van der Waals surface area contributed by atoms with Crippen LogP contribution in [0.15, 0.2) is 0 Å². The zero-order chi connectivity index (χ0) is 11.8. The van der Waals surface area contributed by atoms with Gasteiger partial charge in [-0.3, -0.25) is 4.90 Å². The summed E-state index contributed by atoms with van der Waals surface area (Å²) in [5, 5.41) is 9.02. The van der Waals surface area contributed by atoms with Gasteiger partial charge in [0, 0.05) is 25.0 Å². The Kier molecular flexibility index (Phi) is 7.92. The molecule has 4 heteroatoms. The van der Waals surface area contributed by atoms with Crippen molar-refractivity contribution in [3.8, 4) is 0 Å². The molecule has 0 aromatic heterocycles. The highest BCUT2D eigenvalue weighted by Gasteiger charge is 2.18. The van der Waals surface area contributed by atoms with E-state index in [0.717, 1.165) is 19.4 Å². The average Bonchev–Trinajstić information content (AvgIpc) is 2.19. The molecule has 0 aliphatic rings. The third-order valence-electron chi connectivity index (χ3n) is 2.84. The Balaban J connectivity index is 4.30. The van der Waals surface area contributed by atoms with E-state index in [1.54, 1.807) is 0 Å². The summed E-state index contributed by atoms with van der Waals surface area (Å²) in [6.45, 7) is 8.13. The first-order chi connectivity index (χ1) is 7.06. The van der Waals surface area contributed by atoms with Crippen LogP contribution in [0.2, 0.25) is 0 Å². The predicted octanol–water partition coefficient (Wildman–Crippen LogP) is 1.39. The first-order valence-corrected chi connectivity index (χ1v) is 6.11. The zero-order valence-corrected chi connectivity index (χ0v) is 10.9. The van der Waals surface area contributed by atoms with Gasteiger partial charge in [-0.1, -0.05) is 33.0 Å². The second-order valence-electron chi connectivity index (χ2n) is 3.99. The highest BCUT2D eigenvalue weighted by Crippen LogP contribution is 2.11. The molecule has 0 aliphatic carbocycles. The van der Waals surface area contributed by atoms with Crippen LogP contribution in [0.25, 0.3) is 0 Å². The fourth-order valence-corrected chi connectivity index (χ4v) is 1.87. The monoisotopic (exact) mass is 232 g/mol. The maximum absolute atomic E-state index is 9.02. The molecule has 1 atom stereocenters. The Hall–Kier alpha value is -0.190. The Morgan fingerprint density at radius 3 is 2.27 bits per heavy atom. The maximum atomic E-state index is 9.02. The van der Waals surface area contributed by atoms with Crippen molar-refractivity contribution in [2.24, 2.45) is 11.7 Å². The lowest BCUT2D eigenvalue weighted by atomic mass is 10.1. The molecule has 15 heavy (non-hydrogen) atoms. The van der Waals surface area contributed by atoms with Gasteiger partial charge in [-0.15, -0.1) is 0 Å². The summed E-state index contributed by atoms with van der Waals surface area (Å²) in [6.07, 6.45) is 2.20. The Labute approximate surface area is 98.6 Å². The number of hydrogen-bond donors (Lipinski definition) is 2. The molecule has 0 aliphatic heterocycles. The van der Waals surface area contributed by atoms with Gasteiger partial charge in [-0.05, 0) is 12.8 Å². The second kappa shape index (κ2) is 8.02. The lowest BCUT2D eigenvalue weighted by molar-refractivity contribution is 0.136. The van der Waals surface area contributed by atoms with E-state index in [1.165, 1.54) is 0 Å². The summed E-state index contributed by atoms with van der Waals surface area (Å²) in [4.78, 5) is 2.84. The van der Waals surface area contributed by atoms with Crippen LogP contribution < -0.4 is 5.73 Å². The summed E-state index contributed by atoms with van der Waals surface area (Å²) in [6, 6.07) is 0.522. The number of nitrogens with zero attached hydrogens (tertiary/aromatic N) is 1. The minimum Gasteiger partial charge on any atom is -0.395 e. The van der Waals surface area contributed by atoms with E-state index in [2.05, 4.69) is 18.7 Å². The van der Waals surface area contributed by atoms with Gasteiger partial charge in [0.25, 0.3) is 0 Å². The van der Waals surface area contributed by atoms with Gasteiger partial charge in [-0.2, -0.15) is 0 Å². The van der Waals surface area contributed by atoms with Gasteiger partial charge < -0.3 is 10.8 Å². The van der Waals surface area contributed by atoms with E-state index in [4.69, 9.17) is 23.1 Å². The molecule has 0 fully saturated rings. The average molecular weight is 232 g/mol. The van der Waals surface area contributed by atoms with E-state index >= 15 is 0 Å². The molecule has 0 amide bonds. The topological polar surface area (TPSA) is 49.5 Å². The molecule has 0 saturated heterocycles. The predicted molar refractivity (Wildman–Crippen MR) is 69.0 cm³/mol. The third-order valence-corrected chi connectivity index (χ3v) is 3.24. The number of nitrogens with two attached hydrogens (primary N) is 1. The van der Waals surface area contributed by atoms with Crippen molar-refractivity contribution >= 4 is 17.2 Å². The Bertz CT molecular complexity index is 183. The highest BCUT2D eigenvalue weighted by molar-refractivity contribution is 7.80. The molecule has 0 radical (unpaired) electrons. The molecule has 0 saturated carbocycles. The van der Waals surface area contributed by atoms with Gasteiger partial charge in [0.2, 0.25) is 0 Å². The summed E-state index contributed by atoms with van der Waals surface area (Å²) in [5.74, 6) is 0.215. The molecule has 0 spiro atoms. The quantitative estimate of drug-likeness (QED) is 0.621. The number of rotatable bonds is 8. The van der Waals surface area contributed by atoms with Crippen LogP contribution in [0.5, 0.6) is 0 Å². The third kappa shape index (κ3) is 5.44. The highest BCUT2D eigenvalue weighted by atomic mass is 32.1. The molecule has 3 N–H and O–H groups in total. The van der Waals surface area contributed by atoms with E-state index in [9.17, 15) is 0 Å². The van der Waals surface area contributed by atoms with Crippen molar-refractivity contribution in [1.29, 1.82) is 0 Å². The summed E-state index contributed by atoms with van der Waals surface area (Å²) in [5.41, 5.74) is 5.61. The molecular weight excluding hydrogens is 208 g/mol. The van der Waals surface area contributed by atoms with Crippen LogP contribution in [-0.4, -0.2) is 40.7 Å². The minimum absolute atomic E-state index is 0.195. The van der Waals surface area contributed by atoms with Gasteiger partial charge in [-0.25, -0.2) is 0 Å². The normalized spacial score (nSPS) is 13.5. The fraction of sp³-hybridized carbons (Fsp3) is 0.909. The van der Waals surface area contributed by atoms with E-state index in [1.807, 2.05) is 6.92 Å². The van der Waals surface area contributed by atoms with Crippen LogP contribution >= 0.6 is 12.2 Å². The fourth-order valence-electron chi connectivity index (χ4n) is 1.80. The van der Waals surface area contributed by atoms with Crippen molar-refractivity contribution in [3.63, 3.8) is 0 Å².